The molecular weight excluding hydrogens is 445 g/mol. The lowest BCUT2D eigenvalue weighted by atomic mass is 9.95. The van der Waals surface area contributed by atoms with E-state index in [9.17, 15) is 9.18 Å². The van der Waals surface area contributed by atoms with Crippen LogP contribution in [0.2, 0.25) is 0 Å². The average molecular weight is 470 g/mol. The molecule has 7 nitrogen and oxygen atoms in total. The molecule has 0 spiro atoms. The summed E-state index contributed by atoms with van der Waals surface area (Å²) in [5, 5.41) is 10.6. The summed E-state index contributed by atoms with van der Waals surface area (Å²) in [4.78, 5) is 17.6. The van der Waals surface area contributed by atoms with Gasteiger partial charge in [0.05, 0.1) is 5.57 Å². The molecule has 3 aromatic carbocycles. The Morgan fingerprint density at radius 1 is 1.06 bits per heavy atom. The molecule has 1 atom stereocenters. The number of ether oxygens (including phenoxy) is 1. The van der Waals surface area contributed by atoms with Crippen molar-refractivity contribution in [3.05, 3.63) is 119 Å². The summed E-state index contributed by atoms with van der Waals surface area (Å²) in [6.07, 6.45) is 1.46. The summed E-state index contributed by atoms with van der Waals surface area (Å²) in [7, 11) is 0. The summed E-state index contributed by atoms with van der Waals surface area (Å²) >= 11 is 0. The lowest BCUT2D eigenvalue weighted by Gasteiger charge is -2.28. The predicted octanol–water partition coefficient (Wildman–Crippen LogP) is 4.60. The summed E-state index contributed by atoms with van der Waals surface area (Å²) < 4.78 is 21.4. The molecule has 176 valence electrons. The fourth-order valence-corrected chi connectivity index (χ4v) is 4.09. The third-order valence-electron chi connectivity index (χ3n) is 5.88. The highest BCUT2D eigenvalue weighted by molar-refractivity contribution is 5.96. The molecule has 1 unspecified atom stereocenters. The third kappa shape index (κ3) is 4.77. The van der Waals surface area contributed by atoms with Gasteiger partial charge in [0.15, 0.2) is 0 Å². The van der Waals surface area contributed by atoms with Gasteiger partial charge >= 0.3 is 0 Å². The Morgan fingerprint density at radius 3 is 2.57 bits per heavy atom. The van der Waals surface area contributed by atoms with E-state index >= 15 is 0 Å². The molecule has 0 bridgehead atoms. The van der Waals surface area contributed by atoms with Crippen LogP contribution in [0, 0.1) is 5.82 Å². The first-order valence-corrected chi connectivity index (χ1v) is 11.3. The number of allylic oxidation sites excluding steroid dienone is 1. The Labute approximate surface area is 202 Å². The topological polar surface area (TPSA) is 81.1 Å². The van der Waals surface area contributed by atoms with E-state index in [0.29, 0.717) is 35.1 Å². The van der Waals surface area contributed by atoms with E-state index in [1.54, 1.807) is 22.9 Å². The number of hydrogen-bond acceptors (Lipinski definition) is 5. The molecule has 2 heterocycles. The average Bonchev–Trinajstić information content (AvgIpc) is 3.35. The van der Waals surface area contributed by atoms with Crippen molar-refractivity contribution in [2.75, 3.05) is 5.32 Å². The summed E-state index contributed by atoms with van der Waals surface area (Å²) in [5.41, 5.74) is 3.61. The highest BCUT2D eigenvalue weighted by Gasteiger charge is 2.33. The lowest BCUT2D eigenvalue weighted by Crippen LogP contribution is -2.34. The number of hydrogen-bond donors (Lipinski definition) is 2. The second-order valence-corrected chi connectivity index (χ2v) is 8.21. The molecule has 1 aromatic heterocycles. The highest BCUT2D eigenvalue weighted by Crippen LogP contribution is 2.35. The monoisotopic (exact) mass is 469 g/mol. The zero-order valence-electron chi connectivity index (χ0n) is 19.1. The fraction of sp³-hybridized carbons (Fsp3) is 0.148. The molecule has 8 heteroatoms. The van der Waals surface area contributed by atoms with Gasteiger partial charge in [-0.2, -0.15) is 10.1 Å². The maximum absolute atomic E-state index is 13.9. The van der Waals surface area contributed by atoms with Crippen LogP contribution in [0.1, 0.15) is 29.7 Å². The minimum absolute atomic E-state index is 0.124. The molecule has 0 fully saturated rings. The Kier molecular flexibility index (Phi) is 6.26. The second-order valence-electron chi connectivity index (χ2n) is 8.21. The Morgan fingerprint density at radius 2 is 1.80 bits per heavy atom. The number of aromatic nitrogens is 3. The van der Waals surface area contributed by atoms with Crippen molar-refractivity contribution in [2.24, 2.45) is 0 Å². The van der Waals surface area contributed by atoms with Crippen LogP contribution in [0.25, 0.3) is 0 Å². The van der Waals surface area contributed by atoms with Crippen LogP contribution < -0.4 is 15.4 Å². The summed E-state index contributed by atoms with van der Waals surface area (Å²) in [5.74, 6) is 0.668. The number of carbonyl (C=O) groups is 1. The van der Waals surface area contributed by atoms with Gasteiger partial charge in [0.2, 0.25) is 5.95 Å². The molecule has 0 aliphatic carbocycles. The van der Waals surface area contributed by atoms with Gasteiger partial charge in [-0.1, -0.05) is 60.7 Å². The number of anilines is 1. The zero-order valence-corrected chi connectivity index (χ0v) is 19.1. The number of halogens is 1. The molecule has 1 aliphatic heterocycles. The lowest BCUT2D eigenvalue weighted by molar-refractivity contribution is -0.118. The minimum atomic E-state index is -0.467. The Balaban J connectivity index is 1.38. The molecule has 0 radical (unpaired) electrons. The molecule has 0 saturated heterocycles. The van der Waals surface area contributed by atoms with Gasteiger partial charge in [-0.25, -0.2) is 9.07 Å². The van der Waals surface area contributed by atoms with E-state index in [0.717, 1.165) is 11.1 Å². The van der Waals surface area contributed by atoms with Crippen LogP contribution in [0.15, 0.2) is 96.5 Å². The van der Waals surface area contributed by atoms with Crippen molar-refractivity contribution in [1.29, 1.82) is 0 Å². The number of carbonyl (C=O) groups excluding carboxylic acids is 1. The summed E-state index contributed by atoms with van der Waals surface area (Å²) in [6, 6.07) is 23.2. The molecular formula is C27H24FN5O2. The van der Waals surface area contributed by atoms with Crippen molar-refractivity contribution in [1.82, 2.24) is 20.1 Å². The molecule has 5 rings (SSSR count). The van der Waals surface area contributed by atoms with Crippen LogP contribution in [0.3, 0.4) is 0 Å². The van der Waals surface area contributed by atoms with Gasteiger partial charge in [0, 0.05) is 17.8 Å². The largest absolute Gasteiger partial charge is 0.489 e. The van der Waals surface area contributed by atoms with Crippen molar-refractivity contribution in [2.45, 2.75) is 26.1 Å². The number of amides is 1. The Bertz CT molecular complexity index is 1370. The number of rotatable bonds is 7. The van der Waals surface area contributed by atoms with E-state index in [1.807, 2.05) is 61.5 Å². The smallest absolute Gasteiger partial charge is 0.251 e. The minimum Gasteiger partial charge on any atom is -0.489 e. The van der Waals surface area contributed by atoms with Gasteiger partial charge in [-0.3, -0.25) is 4.79 Å². The third-order valence-corrected chi connectivity index (χ3v) is 5.88. The molecule has 0 saturated carbocycles. The number of benzene rings is 3. The highest BCUT2D eigenvalue weighted by atomic mass is 19.1. The summed E-state index contributed by atoms with van der Waals surface area (Å²) in [6.45, 7) is 2.39. The number of nitrogens with one attached hydrogen (secondary N) is 2. The van der Waals surface area contributed by atoms with Crippen molar-refractivity contribution in [3.8, 4) is 5.75 Å². The first-order valence-electron chi connectivity index (χ1n) is 11.3. The molecule has 4 aromatic rings. The molecule has 2 N–H and O–H groups in total. The van der Waals surface area contributed by atoms with E-state index in [4.69, 9.17) is 4.74 Å². The number of nitrogens with zero attached hydrogens (tertiary/aromatic N) is 3. The quantitative estimate of drug-likeness (QED) is 0.413. The molecule has 1 amide bonds. The Hall–Kier alpha value is -4.46. The van der Waals surface area contributed by atoms with Crippen molar-refractivity contribution >= 4 is 11.9 Å². The van der Waals surface area contributed by atoms with Gasteiger partial charge < -0.3 is 15.4 Å². The number of fused-ring (bicyclic) bond motifs is 1. The normalized spacial score (nSPS) is 14.7. The maximum atomic E-state index is 13.9. The zero-order chi connectivity index (χ0) is 24.2. The van der Waals surface area contributed by atoms with E-state index < -0.39 is 6.04 Å². The fourth-order valence-electron chi connectivity index (χ4n) is 4.09. The first kappa shape index (κ1) is 22.3. The maximum Gasteiger partial charge on any atom is 0.251 e. The van der Waals surface area contributed by atoms with Crippen molar-refractivity contribution in [3.63, 3.8) is 0 Å². The van der Waals surface area contributed by atoms with Crippen LogP contribution in [0.5, 0.6) is 5.75 Å². The van der Waals surface area contributed by atoms with E-state index in [-0.39, 0.29) is 18.3 Å². The van der Waals surface area contributed by atoms with Crippen LogP contribution in [-0.2, 0) is 17.9 Å². The van der Waals surface area contributed by atoms with Gasteiger partial charge in [-0.15, -0.1) is 0 Å². The van der Waals surface area contributed by atoms with Crippen molar-refractivity contribution < 1.29 is 13.9 Å². The van der Waals surface area contributed by atoms with E-state index in [2.05, 4.69) is 20.7 Å². The van der Waals surface area contributed by atoms with Gasteiger partial charge in [0.1, 0.15) is 30.5 Å². The molecule has 1 aliphatic rings. The van der Waals surface area contributed by atoms with Crippen LogP contribution in [0.4, 0.5) is 10.3 Å². The van der Waals surface area contributed by atoms with Crippen LogP contribution >= 0.6 is 0 Å². The second kappa shape index (κ2) is 9.80. The standard InChI is InChI=1S/C27H24FN5O2/c1-18-24(26(34)29-15-19-7-3-2-4-8-19)25(33-27(32-18)30-17-31-33)20-11-13-22(14-12-20)35-16-21-9-5-6-10-23(21)28/h2-14,17,25H,15-16H2,1H3,(H,29,34)(H,30,31,32). The SMILES string of the molecule is CC1=C(C(=O)NCc2ccccc2)C(c2ccc(OCc3ccccc3F)cc2)n2ncnc2N1. The predicted molar refractivity (Wildman–Crippen MR) is 130 cm³/mol. The van der Waals surface area contributed by atoms with E-state index in [1.165, 1.54) is 12.4 Å². The van der Waals surface area contributed by atoms with Gasteiger partial charge in [-0.05, 0) is 36.2 Å². The van der Waals surface area contributed by atoms with Gasteiger partial charge in [0.25, 0.3) is 5.91 Å². The molecule has 35 heavy (non-hydrogen) atoms. The first-order chi connectivity index (χ1) is 17.1. The van der Waals surface area contributed by atoms with Crippen LogP contribution in [-0.4, -0.2) is 20.7 Å².